The van der Waals surface area contributed by atoms with E-state index in [-0.39, 0.29) is 5.91 Å². The van der Waals surface area contributed by atoms with Gasteiger partial charge < -0.3 is 9.47 Å². The highest BCUT2D eigenvalue weighted by molar-refractivity contribution is 6.13. The zero-order chi connectivity index (χ0) is 42.0. The van der Waals surface area contributed by atoms with E-state index in [9.17, 15) is 10.1 Å². The van der Waals surface area contributed by atoms with Crippen molar-refractivity contribution in [1.82, 2.24) is 0 Å². The molecule has 1 aliphatic rings. The molecule has 6 aromatic rings. The molecule has 1 aliphatic heterocycles. The van der Waals surface area contributed by atoms with Gasteiger partial charge in [-0.2, -0.15) is 5.26 Å². The first-order valence-electron chi connectivity index (χ1n) is 20.0. The van der Waals surface area contributed by atoms with Crippen molar-refractivity contribution in [2.24, 2.45) is 0 Å². The van der Waals surface area contributed by atoms with E-state index >= 15 is 0 Å². The van der Waals surface area contributed by atoms with Gasteiger partial charge in [-0.25, -0.2) is 4.85 Å². The van der Waals surface area contributed by atoms with Crippen LogP contribution in [0.15, 0.2) is 140 Å². The predicted octanol–water partition coefficient (Wildman–Crippen LogP) is 14.6. The standard InChI is InChI=1S/C43H31N3O3.4C2H6/c1-4-30-15-21-37(26-31(30)28-44)48-35-22-16-32(17-23-35)43(33-18-24-36(25-19-33)49-38-20-14-29(2)41(27-38)45-3)40-13-9-8-12-39(40)42(47)46(43)34-10-6-5-7-11-34;4*1-2/h5-27H,4H2,1-2H3;4*1-2H3. The SMILES string of the molecule is CC.CC.CC.CC.[C-]#[N+]c1cc(Oc2ccc(C3(c4ccc(Oc5ccc(CC)c(C#N)c5)cc4)c4ccccc4C(=O)N3c3ccccc3)cc2)ccc1C. The van der Waals surface area contributed by atoms with Crippen molar-refractivity contribution in [2.75, 3.05) is 4.90 Å². The van der Waals surface area contributed by atoms with Crippen LogP contribution in [-0.2, 0) is 12.0 Å². The fraction of sp³-hybridized carbons (Fsp3) is 0.235. The minimum atomic E-state index is -1.02. The van der Waals surface area contributed by atoms with E-state index in [1.165, 1.54) is 0 Å². The highest BCUT2D eigenvalue weighted by Crippen LogP contribution is 2.51. The minimum Gasteiger partial charge on any atom is -0.459 e. The molecule has 0 bridgehead atoms. The first-order chi connectivity index (χ1) is 28.0. The minimum absolute atomic E-state index is 0.103. The second-order valence-electron chi connectivity index (χ2n) is 11.8. The summed E-state index contributed by atoms with van der Waals surface area (Å²) in [6.45, 7) is 27.4. The quantitative estimate of drug-likeness (QED) is 0.145. The number of amides is 1. The fourth-order valence-corrected chi connectivity index (χ4v) is 6.61. The highest BCUT2D eigenvalue weighted by Gasteiger charge is 2.52. The van der Waals surface area contributed by atoms with Crippen LogP contribution in [0.25, 0.3) is 4.85 Å². The molecule has 0 fully saturated rings. The molecule has 0 saturated carbocycles. The van der Waals surface area contributed by atoms with Crippen molar-refractivity contribution in [1.29, 1.82) is 5.26 Å². The Hall–Kier alpha value is -6.63. The monoisotopic (exact) mass is 757 g/mol. The zero-order valence-corrected chi connectivity index (χ0v) is 35.1. The molecule has 0 aromatic heterocycles. The van der Waals surface area contributed by atoms with E-state index in [1.807, 2.05) is 202 Å². The molecule has 1 atom stereocenters. The molecule has 1 unspecified atom stereocenters. The molecule has 7 rings (SSSR count). The first-order valence-corrected chi connectivity index (χ1v) is 20.0. The number of carbonyl (C=O) groups excluding carboxylic acids is 1. The van der Waals surface area contributed by atoms with Crippen molar-refractivity contribution in [3.05, 3.63) is 190 Å². The van der Waals surface area contributed by atoms with E-state index in [4.69, 9.17) is 16.0 Å². The number of ether oxygens (including phenoxy) is 2. The molecule has 0 saturated heterocycles. The molecule has 6 nitrogen and oxygen atoms in total. The summed E-state index contributed by atoms with van der Waals surface area (Å²) in [4.78, 5) is 19.9. The van der Waals surface area contributed by atoms with Gasteiger partial charge in [0.15, 0.2) is 5.69 Å². The molecule has 6 aromatic carbocycles. The fourth-order valence-electron chi connectivity index (χ4n) is 6.61. The number of nitrogens with zero attached hydrogens (tertiary/aromatic N) is 3. The lowest BCUT2D eigenvalue weighted by molar-refractivity contribution is 0.0986. The Kier molecular flexibility index (Phi) is 17.3. The van der Waals surface area contributed by atoms with Gasteiger partial charge >= 0.3 is 0 Å². The van der Waals surface area contributed by atoms with Crippen LogP contribution >= 0.6 is 0 Å². The van der Waals surface area contributed by atoms with E-state index < -0.39 is 5.54 Å². The van der Waals surface area contributed by atoms with E-state index in [0.29, 0.717) is 39.8 Å². The van der Waals surface area contributed by atoms with Gasteiger partial charge in [-0.15, -0.1) is 0 Å². The Labute approximate surface area is 340 Å². The average molecular weight is 758 g/mol. The van der Waals surface area contributed by atoms with Gasteiger partial charge in [-0.05, 0) is 108 Å². The maximum Gasteiger partial charge on any atom is 0.260 e. The maximum atomic E-state index is 14.4. The first kappa shape index (κ1) is 44.8. The number of hydrogen-bond donors (Lipinski definition) is 0. The molecule has 292 valence electrons. The molecular formula is C51H55N3O3. The van der Waals surface area contributed by atoms with Crippen LogP contribution in [0.5, 0.6) is 23.0 Å². The Bertz CT molecular complexity index is 2270. The predicted molar refractivity (Wildman–Crippen MR) is 236 cm³/mol. The summed E-state index contributed by atoms with van der Waals surface area (Å²) in [6, 6.07) is 46.3. The molecule has 1 amide bonds. The van der Waals surface area contributed by atoms with Gasteiger partial charge in [0.25, 0.3) is 5.91 Å². The lowest BCUT2D eigenvalue weighted by atomic mass is 9.76. The summed E-state index contributed by atoms with van der Waals surface area (Å²) in [7, 11) is 0. The lowest BCUT2D eigenvalue weighted by Crippen LogP contribution is -2.46. The Morgan fingerprint density at radius 1 is 0.649 bits per heavy atom. The number of hydrogen-bond acceptors (Lipinski definition) is 4. The molecule has 0 radical (unpaired) electrons. The third kappa shape index (κ3) is 9.43. The summed E-state index contributed by atoms with van der Waals surface area (Å²) < 4.78 is 12.4. The lowest BCUT2D eigenvalue weighted by Gasteiger charge is -2.40. The molecule has 6 heteroatoms. The summed E-state index contributed by atoms with van der Waals surface area (Å²) in [6.07, 6.45) is 0.764. The summed E-state index contributed by atoms with van der Waals surface area (Å²) in [5.41, 5.74) is 5.97. The van der Waals surface area contributed by atoms with Gasteiger partial charge in [0, 0.05) is 11.3 Å². The number of nitriles is 1. The Balaban J connectivity index is 0.00000102. The van der Waals surface area contributed by atoms with Crippen molar-refractivity contribution >= 4 is 17.3 Å². The summed E-state index contributed by atoms with van der Waals surface area (Å²) >= 11 is 0. The van der Waals surface area contributed by atoms with Gasteiger partial charge in [-0.1, -0.05) is 135 Å². The van der Waals surface area contributed by atoms with Gasteiger partial charge in [0.05, 0.1) is 18.2 Å². The van der Waals surface area contributed by atoms with Gasteiger partial charge in [0.2, 0.25) is 0 Å². The third-order valence-corrected chi connectivity index (χ3v) is 9.00. The molecule has 0 N–H and O–H groups in total. The van der Waals surface area contributed by atoms with Crippen LogP contribution in [0.2, 0.25) is 0 Å². The topological polar surface area (TPSA) is 66.9 Å². The van der Waals surface area contributed by atoms with E-state index in [2.05, 4.69) is 10.9 Å². The van der Waals surface area contributed by atoms with Crippen molar-refractivity contribution in [2.45, 2.75) is 81.2 Å². The number of rotatable bonds is 8. The summed E-state index contributed by atoms with van der Waals surface area (Å²) in [5.74, 6) is 2.27. The number of benzene rings is 6. The summed E-state index contributed by atoms with van der Waals surface area (Å²) in [5, 5.41) is 9.62. The molecule has 57 heavy (non-hydrogen) atoms. The van der Waals surface area contributed by atoms with Crippen molar-refractivity contribution in [3.63, 3.8) is 0 Å². The van der Waals surface area contributed by atoms with Crippen LogP contribution in [0.4, 0.5) is 11.4 Å². The number of anilines is 1. The largest absolute Gasteiger partial charge is 0.459 e. The van der Waals surface area contributed by atoms with Crippen LogP contribution in [-0.4, -0.2) is 5.91 Å². The van der Waals surface area contributed by atoms with Crippen LogP contribution in [0, 0.1) is 24.8 Å². The van der Waals surface area contributed by atoms with Gasteiger partial charge in [0.1, 0.15) is 28.5 Å². The Morgan fingerprint density at radius 3 is 1.67 bits per heavy atom. The second-order valence-corrected chi connectivity index (χ2v) is 11.8. The molecular weight excluding hydrogens is 703 g/mol. The maximum absolute atomic E-state index is 14.4. The second kappa shape index (κ2) is 22.1. The van der Waals surface area contributed by atoms with Crippen LogP contribution in [0.1, 0.15) is 106 Å². The van der Waals surface area contributed by atoms with Gasteiger partial charge in [-0.3, -0.25) is 9.69 Å². The third-order valence-electron chi connectivity index (χ3n) is 9.00. The molecule has 1 heterocycles. The van der Waals surface area contributed by atoms with Crippen LogP contribution < -0.4 is 14.4 Å². The van der Waals surface area contributed by atoms with Crippen molar-refractivity contribution < 1.29 is 14.3 Å². The number of carbonyl (C=O) groups is 1. The normalized spacial score (nSPS) is 13.2. The zero-order valence-electron chi connectivity index (χ0n) is 35.1. The number of fused-ring (bicyclic) bond motifs is 1. The average Bonchev–Trinajstić information content (AvgIpc) is 3.56. The number of aryl methyl sites for hydroxylation is 2. The molecule has 0 aliphatic carbocycles. The van der Waals surface area contributed by atoms with Crippen molar-refractivity contribution in [3.8, 4) is 29.1 Å². The number of para-hydroxylation sites is 1. The van der Waals surface area contributed by atoms with E-state index in [0.717, 1.165) is 39.9 Å². The van der Waals surface area contributed by atoms with Crippen LogP contribution in [0.3, 0.4) is 0 Å². The Morgan fingerprint density at radius 2 is 1.14 bits per heavy atom. The molecule has 0 spiro atoms. The highest BCUT2D eigenvalue weighted by atomic mass is 16.5. The van der Waals surface area contributed by atoms with E-state index in [1.54, 1.807) is 12.1 Å². The smallest absolute Gasteiger partial charge is 0.260 e.